The molecule has 6 N–H and O–H groups in total. The van der Waals surface area contributed by atoms with Crippen LogP contribution < -0.4 is 21.7 Å². The van der Waals surface area contributed by atoms with Crippen LogP contribution in [0.5, 0.6) is 0 Å². The Bertz CT molecular complexity index is 2350. The van der Waals surface area contributed by atoms with Gasteiger partial charge in [-0.1, -0.05) is 43.3 Å². The molecule has 6 aromatic rings. The van der Waals surface area contributed by atoms with Gasteiger partial charge in [-0.25, -0.2) is 9.97 Å². The lowest BCUT2D eigenvalue weighted by Gasteiger charge is -2.23. The van der Waals surface area contributed by atoms with Crippen LogP contribution in [-0.4, -0.2) is 48.8 Å². The fourth-order valence-corrected chi connectivity index (χ4v) is 7.11. The Morgan fingerprint density at radius 3 is 2.08 bits per heavy atom. The summed E-state index contributed by atoms with van der Waals surface area (Å²) in [5, 5.41) is 19.8. The zero-order valence-electron chi connectivity index (χ0n) is 31.3. The summed E-state index contributed by atoms with van der Waals surface area (Å²) in [5.41, 5.74) is 20.2. The van der Waals surface area contributed by atoms with E-state index in [1.807, 2.05) is 42.6 Å². The molecule has 0 spiro atoms. The molecule has 0 atom stereocenters. The smallest absolute Gasteiger partial charge is 0.253 e. The molecule has 0 saturated heterocycles. The first kappa shape index (κ1) is 36.1. The minimum absolute atomic E-state index is 0.0436. The maximum atomic E-state index is 14.3. The third-order valence-electron chi connectivity index (χ3n) is 10.3. The Kier molecular flexibility index (Phi) is 10.1. The van der Waals surface area contributed by atoms with Crippen LogP contribution in [0, 0.1) is 48.5 Å². The number of imidazole rings is 2. The standard InChI is InChI=1S/C41H48N8O3/c1-9-29-15-11-14-24(4)32(29)20-45-36-35(33(38(42)51)21-48-27(7)25(5)47-40(36)48)37-30(41(52)43-16-17-50)18-34(39-46-26(6)28(8)49(37)39)44-19-31-22(2)12-10-13-23(31)3/h10-15,18,21,44-45,50H,9,16-17,19-20H2,1-8H3,(H2,42,51)(H,43,52). The van der Waals surface area contributed by atoms with Crippen molar-refractivity contribution < 1.29 is 14.7 Å². The summed E-state index contributed by atoms with van der Waals surface area (Å²) in [6.07, 6.45) is 2.57. The number of aliphatic hydroxyl groups is 1. The number of primary amides is 1. The Balaban J connectivity index is 1.69. The molecule has 11 heteroatoms. The van der Waals surface area contributed by atoms with E-state index >= 15 is 0 Å². The van der Waals surface area contributed by atoms with E-state index in [-0.39, 0.29) is 24.3 Å². The first-order chi connectivity index (χ1) is 24.9. The zero-order chi connectivity index (χ0) is 37.4. The highest BCUT2D eigenvalue weighted by atomic mass is 16.3. The quantitative estimate of drug-likeness (QED) is 0.0989. The van der Waals surface area contributed by atoms with Gasteiger partial charge in [-0.15, -0.1) is 0 Å². The van der Waals surface area contributed by atoms with E-state index in [1.54, 1.807) is 12.3 Å². The van der Waals surface area contributed by atoms with Gasteiger partial charge in [0.2, 0.25) is 0 Å². The van der Waals surface area contributed by atoms with Gasteiger partial charge in [-0.05, 0) is 94.3 Å². The van der Waals surface area contributed by atoms with Crippen molar-refractivity contribution in [1.29, 1.82) is 0 Å². The van der Waals surface area contributed by atoms with E-state index in [0.29, 0.717) is 47.0 Å². The van der Waals surface area contributed by atoms with Crippen LogP contribution in [0.15, 0.2) is 48.7 Å². The third kappa shape index (κ3) is 6.36. The number of rotatable bonds is 12. The number of hydrogen-bond donors (Lipinski definition) is 5. The molecule has 0 saturated carbocycles. The lowest BCUT2D eigenvalue weighted by atomic mass is 9.96. The molecular formula is C41H48N8O3. The Labute approximate surface area is 304 Å². The molecule has 4 aromatic heterocycles. The van der Waals surface area contributed by atoms with E-state index in [9.17, 15) is 14.7 Å². The van der Waals surface area contributed by atoms with Crippen LogP contribution in [0.25, 0.3) is 22.6 Å². The highest BCUT2D eigenvalue weighted by molar-refractivity contribution is 6.10. The van der Waals surface area contributed by atoms with E-state index in [0.717, 1.165) is 57.0 Å². The minimum atomic E-state index is -0.655. The van der Waals surface area contributed by atoms with Crippen LogP contribution in [0.2, 0.25) is 0 Å². The van der Waals surface area contributed by atoms with Gasteiger partial charge in [-0.2, -0.15) is 0 Å². The normalized spacial score (nSPS) is 11.4. The summed E-state index contributed by atoms with van der Waals surface area (Å²) in [6, 6.07) is 14.3. The molecule has 2 amide bonds. The van der Waals surface area contributed by atoms with E-state index in [2.05, 4.69) is 74.0 Å². The molecule has 0 unspecified atom stereocenters. The molecule has 6 rings (SSSR count). The van der Waals surface area contributed by atoms with Crippen LogP contribution >= 0.6 is 0 Å². The molecule has 11 nitrogen and oxygen atoms in total. The number of carbonyl (C=O) groups is 2. The van der Waals surface area contributed by atoms with Gasteiger partial charge in [0.25, 0.3) is 11.8 Å². The number of fused-ring (bicyclic) bond motifs is 2. The fourth-order valence-electron chi connectivity index (χ4n) is 7.11. The van der Waals surface area contributed by atoms with Gasteiger partial charge in [-0.3, -0.25) is 14.0 Å². The van der Waals surface area contributed by atoms with Gasteiger partial charge in [0.1, 0.15) is 0 Å². The first-order valence-electron chi connectivity index (χ1n) is 17.7. The average Bonchev–Trinajstić information content (AvgIpc) is 3.58. The second-order valence-electron chi connectivity index (χ2n) is 13.5. The van der Waals surface area contributed by atoms with Crippen LogP contribution in [0.1, 0.15) is 83.8 Å². The minimum Gasteiger partial charge on any atom is -0.395 e. The first-order valence-corrected chi connectivity index (χ1v) is 17.7. The van der Waals surface area contributed by atoms with Crippen LogP contribution in [0.4, 0.5) is 11.4 Å². The molecule has 0 aliphatic heterocycles. The molecule has 0 radical (unpaired) electrons. The van der Waals surface area contributed by atoms with Crippen molar-refractivity contribution in [3.63, 3.8) is 0 Å². The lowest BCUT2D eigenvalue weighted by Crippen LogP contribution is -2.28. The predicted octanol–water partition coefficient (Wildman–Crippen LogP) is 6.42. The van der Waals surface area contributed by atoms with Gasteiger partial charge in [0, 0.05) is 42.8 Å². The van der Waals surface area contributed by atoms with Gasteiger partial charge in [0.15, 0.2) is 11.3 Å². The fraction of sp³-hybridized carbons (Fsp3) is 0.317. The van der Waals surface area contributed by atoms with Crippen molar-refractivity contribution in [2.75, 3.05) is 23.8 Å². The number of nitrogens with zero attached hydrogens (tertiary/aromatic N) is 4. The summed E-state index contributed by atoms with van der Waals surface area (Å²) < 4.78 is 3.82. The highest BCUT2D eigenvalue weighted by Crippen LogP contribution is 2.41. The average molecular weight is 701 g/mol. The molecular weight excluding hydrogens is 653 g/mol. The summed E-state index contributed by atoms with van der Waals surface area (Å²) >= 11 is 0. The number of benzene rings is 2. The van der Waals surface area contributed by atoms with Crippen LogP contribution in [-0.2, 0) is 19.5 Å². The highest BCUT2D eigenvalue weighted by Gasteiger charge is 2.30. The Morgan fingerprint density at radius 2 is 1.42 bits per heavy atom. The van der Waals surface area contributed by atoms with E-state index in [4.69, 9.17) is 15.7 Å². The predicted molar refractivity (Wildman–Crippen MR) is 207 cm³/mol. The van der Waals surface area contributed by atoms with Crippen molar-refractivity contribution >= 4 is 34.5 Å². The molecule has 52 heavy (non-hydrogen) atoms. The number of aliphatic hydroxyl groups excluding tert-OH is 1. The lowest BCUT2D eigenvalue weighted by molar-refractivity contribution is 0.0943. The maximum absolute atomic E-state index is 14.3. The SMILES string of the molecule is CCc1cccc(C)c1CNc1c(-c2c(C(=O)NCCO)cc(NCc3c(C)cccc3C)c3nc(C)c(C)n23)c(C(N)=O)cn2c(C)c(C)nc12. The topological polar surface area (TPSA) is 151 Å². The summed E-state index contributed by atoms with van der Waals surface area (Å²) in [6.45, 7) is 16.9. The van der Waals surface area contributed by atoms with Crippen molar-refractivity contribution in [3.8, 4) is 11.3 Å². The third-order valence-corrected chi connectivity index (χ3v) is 10.3. The Morgan fingerprint density at radius 1 is 0.808 bits per heavy atom. The molecule has 0 fully saturated rings. The van der Waals surface area contributed by atoms with Crippen LogP contribution in [0.3, 0.4) is 0 Å². The zero-order valence-corrected chi connectivity index (χ0v) is 31.3. The van der Waals surface area contributed by atoms with Crippen molar-refractivity contribution in [2.24, 2.45) is 5.73 Å². The number of hydrogen-bond acceptors (Lipinski definition) is 7. The number of nitrogens with two attached hydrogens (primary N) is 1. The van der Waals surface area contributed by atoms with Crippen molar-refractivity contribution in [1.82, 2.24) is 24.1 Å². The van der Waals surface area contributed by atoms with Gasteiger partial charge < -0.3 is 31.2 Å². The number of nitrogens with one attached hydrogen (secondary N) is 3. The number of carbonyl (C=O) groups excluding carboxylic acids is 2. The molecule has 0 aliphatic carbocycles. The molecule has 4 heterocycles. The molecule has 2 aromatic carbocycles. The molecule has 0 aliphatic rings. The molecule has 270 valence electrons. The Hall–Kier alpha value is -5.68. The second-order valence-corrected chi connectivity index (χ2v) is 13.5. The number of anilines is 2. The van der Waals surface area contributed by atoms with E-state index in [1.165, 1.54) is 5.56 Å². The number of aryl methyl sites for hydroxylation is 8. The van der Waals surface area contributed by atoms with E-state index < -0.39 is 11.8 Å². The monoisotopic (exact) mass is 700 g/mol. The maximum Gasteiger partial charge on any atom is 0.253 e. The number of pyridine rings is 2. The summed E-state index contributed by atoms with van der Waals surface area (Å²) in [7, 11) is 0. The van der Waals surface area contributed by atoms with Gasteiger partial charge in [0.05, 0.1) is 46.2 Å². The number of aromatic nitrogens is 4. The summed E-state index contributed by atoms with van der Waals surface area (Å²) in [4.78, 5) is 37.9. The second kappa shape index (κ2) is 14.5. The largest absolute Gasteiger partial charge is 0.395 e. The number of amides is 2. The molecule has 0 bridgehead atoms. The van der Waals surface area contributed by atoms with Gasteiger partial charge >= 0.3 is 0 Å². The summed E-state index contributed by atoms with van der Waals surface area (Å²) in [5.74, 6) is -1.08. The van der Waals surface area contributed by atoms with Crippen molar-refractivity contribution in [3.05, 3.63) is 116 Å². The van der Waals surface area contributed by atoms with Crippen molar-refractivity contribution in [2.45, 2.75) is 74.9 Å².